The molecule has 0 heterocycles. The molecule has 1 aliphatic carbocycles. The van der Waals surface area contributed by atoms with Gasteiger partial charge in [-0.3, -0.25) is 0 Å². The van der Waals surface area contributed by atoms with Crippen molar-refractivity contribution in [2.24, 2.45) is 17.0 Å². The fourth-order valence-electron chi connectivity index (χ4n) is 1.97. The van der Waals surface area contributed by atoms with Crippen molar-refractivity contribution in [1.82, 2.24) is 0 Å². The van der Waals surface area contributed by atoms with Gasteiger partial charge in [-0.15, -0.1) is 5.16 Å². The van der Waals surface area contributed by atoms with E-state index in [9.17, 15) is 0 Å². The first kappa shape index (κ1) is 13.2. The Kier molecular flexibility index (Phi) is 4.54. The summed E-state index contributed by atoms with van der Waals surface area (Å²) in [6.07, 6.45) is 4.31. The van der Waals surface area contributed by atoms with E-state index in [1.165, 1.54) is 0 Å². The quantitative estimate of drug-likeness (QED) is 0.429. The maximum absolute atomic E-state index is 8.94. The predicted molar refractivity (Wildman–Crippen MR) is 68.6 cm³/mol. The van der Waals surface area contributed by atoms with Crippen molar-refractivity contribution in [3.8, 4) is 6.07 Å². The first-order valence-corrected chi connectivity index (χ1v) is 9.45. The predicted octanol–water partition coefficient (Wildman–Crippen LogP) is 3.54. The molecule has 0 aliphatic heterocycles. The Bertz CT molecular complexity index is 301. The summed E-state index contributed by atoms with van der Waals surface area (Å²) in [6.45, 7) is 8.42. The zero-order chi connectivity index (χ0) is 12.2. The molecule has 3 nitrogen and oxygen atoms in total. The lowest BCUT2D eigenvalue weighted by Gasteiger charge is -2.25. The summed E-state index contributed by atoms with van der Waals surface area (Å²) in [5.74, 6) is 0.672. The number of nitrogens with zero attached hydrogens (tertiary/aromatic N) is 2. The minimum Gasteiger partial charge on any atom is -0.456 e. The van der Waals surface area contributed by atoms with Crippen LogP contribution < -0.4 is 0 Å². The van der Waals surface area contributed by atoms with Crippen molar-refractivity contribution in [3.05, 3.63) is 0 Å². The number of rotatable bonds is 3. The van der Waals surface area contributed by atoms with Crippen molar-refractivity contribution >= 4 is 14.0 Å². The summed E-state index contributed by atoms with van der Waals surface area (Å²) in [5.41, 5.74) is 1.07. The van der Waals surface area contributed by atoms with Crippen LogP contribution in [0.4, 0.5) is 0 Å². The highest BCUT2D eigenvalue weighted by Gasteiger charge is 2.24. The van der Waals surface area contributed by atoms with E-state index < -0.39 is 8.32 Å². The van der Waals surface area contributed by atoms with Crippen LogP contribution in [-0.4, -0.2) is 14.0 Å². The van der Waals surface area contributed by atoms with E-state index >= 15 is 0 Å². The molecule has 0 bridgehead atoms. The van der Waals surface area contributed by atoms with Crippen molar-refractivity contribution in [1.29, 1.82) is 5.26 Å². The zero-order valence-corrected chi connectivity index (χ0v) is 11.8. The normalized spacial score (nSPS) is 27.3. The highest BCUT2D eigenvalue weighted by atomic mass is 28.4. The van der Waals surface area contributed by atoms with Crippen LogP contribution >= 0.6 is 0 Å². The molecular weight excluding hydrogens is 216 g/mol. The van der Waals surface area contributed by atoms with Crippen molar-refractivity contribution < 1.29 is 4.53 Å². The molecule has 0 amide bonds. The van der Waals surface area contributed by atoms with E-state index in [-0.39, 0.29) is 5.92 Å². The van der Waals surface area contributed by atoms with Gasteiger partial charge in [-0.1, -0.05) is 6.42 Å². The Hall–Kier alpha value is -0.823. The smallest absolute Gasteiger partial charge is 0.278 e. The number of hydrogen-bond acceptors (Lipinski definition) is 3. The number of hydrogen-bond donors (Lipinski definition) is 0. The van der Waals surface area contributed by atoms with Gasteiger partial charge in [0.2, 0.25) is 0 Å². The number of nitriles is 1. The third-order valence-electron chi connectivity index (χ3n) is 2.91. The van der Waals surface area contributed by atoms with Crippen LogP contribution in [0.25, 0.3) is 0 Å². The molecule has 1 fully saturated rings. The highest BCUT2D eigenvalue weighted by molar-refractivity contribution is 6.69. The van der Waals surface area contributed by atoms with Crippen LogP contribution in [0.2, 0.25) is 19.6 Å². The topological polar surface area (TPSA) is 45.4 Å². The second-order valence-electron chi connectivity index (χ2n) is 5.63. The average Bonchev–Trinajstić information content (AvgIpc) is 2.25. The van der Waals surface area contributed by atoms with Gasteiger partial charge < -0.3 is 4.53 Å². The second kappa shape index (κ2) is 5.49. The Labute approximate surface area is 99.6 Å². The molecule has 2 atom stereocenters. The first-order chi connectivity index (χ1) is 7.42. The Balaban J connectivity index is 2.53. The van der Waals surface area contributed by atoms with E-state index in [0.717, 1.165) is 31.4 Å². The van der Waals surface area contributed by atoms with Crippen molar-refractivity contribution in [2.75, 3.05) is 0 Å². The highest BCUT2D eigenvalue weighted by Crippen LogP contribution is 2.29. The fraction of sp³-hybridized carbons (Fsp3) is 0.833. The summed E-state index contributed by atoms with van der Waals surface area (Å²) in [4.78, 5) is 0. The number of oxime groups is 1. The molecule has 2 unspecified atom stereocenters. The van der Waals surface area contributed by atoms with Crippen LogP contribution in [0.15, 0.2) is 5.16 Å². The van der Waals surface area contributed by atoms with Gasteiger partial charge in [0.05, 0.1) is 11.8 Å². The molecule has 0 radical (unpaired) electrons. The lowest BCUT2D eigenvalue weighted by molar-refractivity contribution is 0.318. The van der Waals surface area contributed by atoms with Gasteiger partial charge in [0.15, 0.2) is 0 Å². The molecule has 1 aliphatic rings. The van der Waals surface area contributed by atoms with Gasteiger partial charge in [0, 0.05) is 11.8 Å². The first-order valence-electron chi connectivity index (χ1n) is 6.04. The third-order valence-corrected chi connectivity index (χ3v) is 3.55. The van der Waals surface area contributed by atoms with Crippen molar-refractivity contribution in [3.63, 3.8) is 0 Å². The van der Waals surface area contributed by atoms with Crippen LogP contribution in [0.1, 0.15) is 32.6 Å². The van der Waals surface area contributed by atoms with E-state index in [0.29, 0.717) is 5.92 Å². The Morgan fingerprint density at radius 3 is 2.62 bits per heavy atom. The molecule has 0 saturated heterocycles. The molecule has 90 valence electrons. The van der Waals surface area contributed by atoms with E-state index in [2.05, 4.69) is 30.9 Å². The molecule has 1 rings (SSSR count). The molecule has 0 aromatic heterocycles. The summed E-state index contributed by atoms with van der Waals surface area (Å²) in [5, 5.41) is 13.2. The van der Waals surface area contributed by atoms with E-state index in [4.69, 9.17) is 9.79 Å². The standard InChI is InChI=1S/C12H22N2OSi/c1-10(14-15-16(2,3)4)12-7-5-6-11(8-12)9-13/h11-12H,5-8H2,1-4H3. The maximum atomic E-state index is 8.94. The van der Waals surface area contributed by atoms with Crippen LogP contribution in [-0.2, 0) is 4.53 Å². The molecular formula is C12H22N2OSi. The summed E-state index contributed by atoms with van der Waals surface area (Å²) >= 11 is 0. The lowest BCUT2D eigenvalue weighted by atomic mass is 9.80. The van der Waals surface area contributed by atoms with Crippen LogP contribution in [0, 0.1) is 23.2 Å². The summed E-state index contributed by atoms with van der Waals surface area (Å²) < 4.78 is 5.56. The molecule has 0 N–H and O–H groups in total. The summed E-state index contributed by atoms with van der Waals surface area (Å²) in [7, 11) is -1.56. The van der Waals surface area contributed by atoms with E-state index in [1.54, 1.807) is 0 Å². The van der Waals surface area contributed by atoms with Gasteiger partial charge in [0.1, 0.15) is 0 Å². The lowest BCUT2D eigenvalue weighted by Crippen LogP contribution is -2.25. The third kappa shape index (κ3) is 4.36. The molecule has 0 aromatic carbocycles. The van der Waals surface area contributed by atoms with E-state index in [1.807, 2.05) is 6.92 Å². The molecule has 1 saturated carbocycles. The Morgan fingerprint density at radius 2 is 2.06 bits per heavy atom. The fourth-order valence-corrected chi connectivity index (χ4v) is 2.39. The average molecular weight is 238 g/mol. The molecule has 16 heavy (non-hydrogen) atoms. The molecule has 0 spiro atoms. The van der Waals surface area contributed by atoms with Gasteiger partial charge in [-0.05, 0) is 45.8 Å². The minimum atomic E-state index is -1.56. The largest absolute Gasteiger partial charge is 0.456 e. The maximum Gasteiger partial charge on any atom is 0.278 e. The Morgan fingerprint density at radius 1 is 1.38 bits per heavy atom. The molecule has 4 heteroatoms. The summed E-state index contributed by atoms with van der Waals surface area (Å²) in [6, 6.07) is 2.37. The van der Waals surface area contributed by atoms with Crippen molar-refractivity contribution in [2.45, 2.75) is 52.2 Å². The minimum absolute atomic E-state index is 0.218. The van der Waals surface area contributed by atoms with Crippen LogP contribution in [0.3, 0.4) is 0 Å². The van der Waals surface area contributed by atoms with Gasteiger partial charge in [-0.25, -0.2) is 0 Å². The SMILES string of the molecule is CC(=NO[Si](C)(C)C)C1CCCC(C#N)C1. The zero-order valence-electron chi connectivity index (χ0n) is 10.8. The molecule has 0 aromatic rings. The second-order valence-corrected chi connectivity index (χ2v) is 10.0. The van der Waals surface area contributed by atoms with Gasteiger partial charge in [-0.2, -0.15) is 5.26 Å². The van der Waals surface area contributed by atoms with Gasteiger partial charge >= 0.3 is 0 Å². The van der Waals surface area contributed by atoms with Crippen LogP contribution in [0.5, 0.6) is 0 Å². The van der Waals surface area contributed by atoms with Gasteiger partial charge in [0.25, 0.3) is 8.32 Å². The monoisotopic (exact) mass is 238 g/mol.